The average molecular weight is 310 g/mol. The molecule has 2 rings (SSSR count). The Morgan fingerprint density at radius 1 is 1.26 bits per heavy atom. The Labute approximate surface area is 137 Å². The predicted molar refractivity (Wildman–Crippen MR) is 99.9 cm³/mol. The van der Waals surface area contributed by atoms with Gasteiger partial charge in [-0.3, -0.25) is 9.36 Å². The summed E-state index contributed by atoms with van der Waals surface area (Å²) in [6.07, 6.45) is 10.6. The Morgan fingerprint density at radius 3 is 2.48 bits per heavy atom. The van der Waals surface area contributed by atoms with Crippen molar-refractivity contribution in [2.24, 2.45) is 0 Å². The SMILES string of the molecule is C=Cc1cc2c(=O)n(C(CC)CCC)cnc2c(=C/C)/c1=C\C. The van der Waals surface area contributed by atoms with E-state index in [0.717, 1.165) is 40.8 Å². The van der Waals surface area contributed by atoms with Crippen LogP contribution in [-0.4, -0.2) is 9.55 Å². The van der Waals surface area contributed by atoms with Crippen LogP contribution in [0.15, 0.2) is 23.8 Å². The van der Waals surface area contributed by atoms with Crippen molar-refractivity contribution in [1.29, 1.82) is 0 Å². The van der Waals surface area contributed by atoms with Crippen LogP contribution in [0.3, 0.4) is 0 Å². The van der Waals surface area contributed by atoms with E-state index >= 15 is 0 Å². The normalized spacial score (nSPS) is 14.4. The second-order valence-electron chi connectivity index (χ2n) is 5.78. The van der Waals surface area contributed by atoms with Gasteiger partial charge in [-0.05, 0) is 43.5 Å². The molecule has 1 aromatic heterocycles. The third-order valence-electron chi connectivity index (χ3n) is 4.47. The van der Waals surface area contributed by atoms with Crippen LogP contribution in [0.25, 0.3) is 29.1 Å². The minimum Gasteiger partial charge on any atom is -0.296 e. The minimum absolute atomic E-state index is 0.0455. The van der Waals surface area contributed by atoms with Crippen LogP contribution < -0.4 is 16.0 Å². The molecule has 0 aliphatic heterocycles. The largest absolute Gasteiger partial charge is 0.296 e. The van der Waals surface area contributed by atoms with Gasteiger partial charge in [-0.2, -0.15) is 0 Å². The highest BCUT2D eigenvalue weighted by atomic mass is 16.1. The molecule has 0 amide bonds. The van der Waals surface area contributed by atoms with E-state index in [1.165, 1.54) is 0 Å². The standard InChI is InChI=1S/C20H26N2O/c1-6-11-15(8-3)22-13-21-19-17(10-5)16(9-4)14(7-2)12-18(19)20(22)23/h7,9-10,12-13,15H,2,6,8,11H2,1,3-5H3/b16-9-,17-10+. The number of fused-ring (bicyclic) bond motifs is 1. The molecule has 23 heavy (non-hydrogen) atoms. The molecule has 1 unspecified atom stereocenters. The minimum atomic E-state index is 0.0455. The lowest BCUT2D eigenvalue weighted by Crippen LogP contribution is -2.33. The van der Waals surface area contributed by atoms with Crippen molar-refractivity contribution in [3.63, 3.8) is 0 Å². The summed E-state index contributed by atoms with van der Waals surface area (Å²) in [6, 6.07) is 2.14. The molecule has 1 aromatic carbocycles. The van der Waals surface area contributed by atoms with Crippen LogP contribution in [0.5, 0.6) is 0 Å². The molecule has 2 aromatic rings. The zero-order chi connectivity index (χ0) is 17.0. The Hall–Kier alpha value is -2.16. The lowest BCUT2D eigenvalue weighted by molar-refractivity contribution is 0.433. The smallest absolute Gasteiger partial charge is 0.261 e. The van der Waals surface area contributed by atoms with Gasteiger partial charge in [0, 0.05) is 11.3 Å². The fourth-order valence-corrected chi connectivity index (χ4v) is 3.26. The maximum absolute atomic E-state index is 13.0. The monoisotopic (exact) mass is 310 g/mol. The van der Waals surface area contributed by atoms with Gasteiger partial charge in [0.1, 0.15) is 0 Å². The van der Waals surface area contributed by atoms with E-state index in [9.17, 15) is 4.79 Å². The van der Waals surface area contributed by atoms with Gasteiger partial charge in [-0.15, -0.1) is 0 Å². The third-order valence-corrected chi connectivity index (χ3v) is 4.47. The molecule has 122 valence electrons. The van der Waals surface area contributed by atoms with Crippen LogP contribution in [0.4, 0.5) is 0 Å². The molecule has 0 radical (unpaired) electrons. The summed E-state index contributed by atoms with van der Waals surface area (Å²) in [7, 11) is 0. The topological polar surface area (TPSA) is 34.9 Å². The Bertz CT molecular complexity index is 890. The number of rotatable bonds is 5. The third kappa shape index (κ3) is 3.00. The van der Waals surface area contributed by atoms with E-state index in [4.69, 9.17) is 0 Å². The van der Waals surface area contributed by atoms with E-state index in [-0.39, 0.29) is 11.6 Å². The van der Waals surface area contributed by atoms with Crippen molar-refractivity contribution in [3.05, 3.63) is 45.3 Å². The van der Waals surface area contributed by atoms with Crippen molar-refractivity contribution in [3.8, 4) is 0 Å². The summed E-state index contributed by atoms with van der Waals surface area (Å²) in [6.45, 7) is 12.1. The van der Waals surface area contributed by atoms with E-state index in [1.54, 1.807) is 10.9 Å². The first-order valence-corrected chi connectivity index (χ1v) is 8.41. The molecule has 0 fully saturated rings. The van der Waals surface area contributed by atoms with Crippen LogP contribution in [0.2, 0.25) is 0 Å². The van der Waals surface area contributed by atoms with Crippen LogP contribution in [-0.2, 0) is 0 Å². The highest BCUT2D eigenvalue weighted by Gasteiger charge is 2.13. The first kappa shape index (κ1) is 17.2. The fourth-order valence-electron chi connectivity index (χ4n) is 3.26. The van der Waals surface area contributed by atoms with E-state index in [0.29, 0.717) is 5.39 Å². The number of hydrogen-bond acceptors (Lipinski definition) is 2. The van der Waals surface area contributed by atoms with Gasteiger partial charge in [-0.25, -0.2) is 4.98 Å². The van der Waals surface area contributed by atoms with Gasteiger partial charge in [0.15, 0.2) is 0 Å². The molecule has 0 N–H and O–H groups in total. The van der Waals surface area contributed by atoms with Crippen LogP contribution in [0.1, 0.15) is 58.6 Å². The molecule has 0 spiro atoms. The van der Waals surface area contributed by atoms with Gasteiger partial charge < -0.3 is 0 Å². The van der Waals surface area contributed by atoms with Crippen LogP contribution >= 0.6 is 0 Å². The van der Waals surface area contributed by atoms with Gasteiger partial charge in [0.25, 0.3) is 5.56 Å². The molecule has 0 aliphatic rings. The average Bonchev–Trinajstić information content (AvgIpc) is 2.58. The molecular formula is C20H26N2O. The van der Waals surface area contributed by atoms with E-state index in [1.807, 2.05) is 38.1 Å². The van der Waals surface area contributed by atoms with Crippen LogP contribution in [0, 0.1) is 0 Å². The van der Waals surface area contributed by atoms with Crippen molar-refractivity contribution >= 4 is 29.1 Å². The van der Waals surface area contributed by atoms with Gasteiger partial charge in [0.2, 0.25) is 0 Å². The number of nitrogens with zero attached hydrogens (tertiary/aromatic N) is 2. The molecule has 1 atom stereocenters. The summed E-state index contributed by atoms with van der Waals surface area (Å²) in [4.78, 5) is 17.6. The van der Waals surface area contributed by atoms with Crippen molar-refractivity contribution < 1.29 is 0 Å². The van der Waals surface area contributed by atoms with E-state index in [2.05, 4.69) is 25.4 Å². The van der Waals surface area contributed by atoms with E-state index < -0.39 is 0 Å². The number of aromatic nitrogens is 2. The number of benzene rings is 1. The second kappa shape index (κ2) is 7.40. The lowest BCUT2D eigenvalue weighted by atomic mass is 10.0. The summed E-state index contributed by atoms with van der Waals surface area (Å²) < 4.78 is 1.80. The molecule has 3 nitrogen and oxygen atoms in total. The molecule has 3 heteroatoms. The summed E-state index contributed by atoms with van der Waals surface area (Å²) in [5.41, 5.74) is 1.80. The van der Waals surface area contributed by atoms with Crippen molar-refractivity contribution in [2.75, 3.05) is 0 Å². The Morgan fingerprint density at radius 2 is 1.96 bits per heavy atom. The second-order valence-corrected chi connectivity index (χ2v) is 5.78. The molecule has 0 bridgehead atoms. The molecule has 0 saturated carbocycles. The molecular weight excluding hydrogens is 284 g/mol. The summed E-state index contributed by atoms with van der Waals surface area (Å²) >= 11 is 0. The van der Waals surface area contributed by atoms with Gasteiger partial charge >= 0.3 is 0 Å². The van der Waals surface area contributed by atoms with Crippen molar-refractivity contribution in [2.45, 2.75) is 53.0 Å². The predicted octanol–water partition coefficient (Wildman–Crippen LogP) is 3.39. The number of hydrogen-bond donors (Lipinski definition) is 0. The Balaban J connectivity index is 2.92. The van der Waals surface area contributed by atoms with Gasteiger partial charge in [-0.1, -0.05) is 45.1 Å². The van der Waals surface area contributed by atoms with Crippen molar-refractivity contribution in [1.82, 2.24) is 9.55 Å². The lowest BCUT2D eigenvalue weighted by Gasteiger charge is -2.17. The molecule has 0 saturated heterocycles. The highest BCUT2D eigenvalue weighted by Crippen LogP contribution is 2.16. The maximum atomic E-state index is 13.0. The quantitative estimate of drug-likeness (QED) is 0.848. The first-order valence-electron chi connectivity index (χ1n) is 8.41. The van der Waals surface area contributed by atoms with Gasteiger partial charge in [0.05, 0.1) is 17.2 Å². The Kier molecular flexibility index (Phi) is 5.54. The summed E-state index contributed by atoms with van der Waals surface area (Å²) in [5.74, 6) is 0. The first-order chi connectivity index (χ1) is 11.1. The maximum Gasteiger partial charge on any atom is 0.261 e. The molecule has 1 heterocycles. The fraction of sp³-hybridized carbons (Fsp3) is 0.400. The zero-order valence-electron chi connectivity index (χ0n) is 14.6. The highest BCUT2D eigenvalue weighted by molar-refractivity contribution is 5.82. The summed E-state index contributed by atoms with van der Waals surface area (Å²) in [5, 5.41) is 2.77. The molecule has 0 aliphatic carbocycles. The zero-order valence-corrected chi connectivity index (χ0v) is 14.6.